The maximum atomic E-state index is 12.8. The molecule has 0 aliphatic carbocycles. The summed E-state index contributed by atoms with van der Waals surface area (Å²) in [5, 5.41) is 0.728. The lowest BCUT2D eigenvalue weighted by molar-refractivity contribution is 0.155. The molecule has 94 valence electrons. The van der Waals surface area contributed by atoms with Crippen molar-refractivity contribution >= 4 is 12.7 Å². The van der Waals surface area contributed by atoms with E-state index in [1.807, 2.05) is 37.3 Å². The molecule has 0 saturated heterocycles. The molecular weight excluding hydrogens is 235 g/mol. The Balaban J connectivity index is 2.97. The van der Waals surface area contributed by atoms with Crippen LogP contribution in [0.4, 0.5) is 0 Å². The van der Waals surface area contributed by atoms with Crippen LogP contribution in [0.15, 0.2) is 43.0 Å². The molecule has 3 nitrogen and oxygen atoms in total. The van der Waals surface area contributed by atoms with Gasteiger partial charge in [0.15, 0.2) is 0 Å². The third-order valence-corrected chi connectivity index (χ3v) is 5.07. The Morgan fingerprint density at radius 1 is 1.41 bits per heavy atom. The number of ether oxygens (including phenoxy) is 1. The Morgan fingerprint density at radius 2 is 2.06 bits per heavy atom. The van der Waals surface area contributed by atoms with Crippen molar-refractivity contribution in [3.63, 3.8) is 0 Å². The summed E-state index contributed by atoms with van der Waals surface area (Å²) in [6.07, 6.45) is 1.71. The molecule has 0 heterocycles. The average Bonchev–Trinajstić information content (AvgIpc) is 2.37. The highest BCUT2D eigenvalue weighted by Crippen LogP contribution is 2.46. The van der Waals surface area contributed by atoms with E-state index in [0.29, 0.717) is 12.8 Å². The second-order valence-corrected chi connectivity index (χ2v) is 6.11. The van der Waals surface area contributed by atoms with Gasteiger partial charge in [0.05, 0.1) is 18.9 Å². The summed E-state index contributed by atoms with van der Waals surface area (Å²) in [7, 11) is -1.28. The van der Waals surface area contributed by atoms with Gasteiger partial charge >= 0.3 is 0 Å². The fraction of sp³-hybridized carbons (Fsp3) is 0.385. The topological polar surface area (TPSA) is 35.5 Å². The molecule has 1 unspecified atom stereocenters. The van der Waals surface area contributed by atoms with Crippen LogP contribution < -0.4 is 5.30 Å². The van der Waals surface area contributed by atoms with Crippen LogP contribution in [0.2, 0.25) is 0 Å². The zero-order valence-electron chi connectivity index (χ0n) is 10.3. The second kappa shape index (κ2) is 6.75. The first kappa shape index (κ1) is 14.2. The largest absolute Gasteiger partial charge is 0.377 e. The van der Waals surface area contributed by atoms with E-state index < -0.39 is 7.37 Å². The molecule has 1 aromatic rings. The Hall–Kier alpha value is -0.890. The Bertz CT molecular complexity index is 389. The van der Waals surface area contributed by atoms with E-state index in [-0.39, 0.29) is 6.10 Å². The molecule has 1 rings (SSSR count). The second-order valence-electron chi connectivity index (χ2n) is 3.62. The minimum Gasteiger partial charge on any atom is -0.377 e. The van der Waals surface area contributed by atoms with Crippen molar-refractivity contribution in [2.24, 2.45) is 0 Å². The third kappa shape index (κ3) is 3.81. The molecule has 0 bridgehead atoms. The van der Waals surface area contributed by atoms with Crippen molar-refractivity contribution in [2.75, 3.05) is 19.9 Å². The van der Waals surface area contributed by atoms with Crippen molar-refractivity contribution in [1.82, 2.24) is 0 Å². The number of hydrogen-bond donors (Lipinski definition) is 0. The summed E-state index contributed by atoms with van der Waals surface area (Å²) in [5.74, 6) is 0. The van der Waals surface area contributed by atoms with Crippen LogP contribution in [0.25, 0.3) is 0 Å². The Kier molecular flexibility index (Phi) is 5.63. The standard InChI is InChI=1S/C13H19O3P/c1-4-12(15-3)11-17(14,16-5-2)13-9-7-6-8-10-13/h4,6-10,12H,1,5,11H2,2-3H3/t12-,17?/m0/s1. The average molecular weight is 254 g/mol. The van der Waals surface area contributed by atoms with Gasteiger partial charge in [-0.2, -0.15) is 0 Å². The molecule has 0 N–H and O–H groups in total. The van der Waals surface area contributed by atoms with Crippen LogP contribution >= 0.6 is 7.37 Å². The molecule has 1 aromatic carbocycles. The van der Waals surface area contributed by atoms with Crippen molar-refractivity contribution in [3.05, 3.63) is 43.0 Å². The van der Waals surface area contributed by atoms with Gasteiger partial charge in [-0.3, -0.25) is 4.57 Å². The lowest BCUT2D eigenvalue weighted by Crippen LogP contribution is -2.19. The lowest BCUT2D eigenvalue weighted by Gasteiger charge is -2.21. The summed E-state index contributed by atoms with van der Waals surface area (Å²) in [6.45, 7) is 5.92. The maximum Gasteiger partial charge on any atom is 0.235 e. The molecule has 0 aromatic heterocycles. The number of methoxy groups -OCH3 is 1. The molecule has 2 atom stereocenters. The molecule has 0 spiro atoms. The fourth-order valence-electron chi connectivity index (χ4n) is 1.58. The van der Waals surface area contributed by atoms with Crippen LogP contribution in [0.5, 0.6) is 0 Å². The van der Waals surface area contributed by atoms with Crippen LogP contribution in [0, 0.1) is 0 Å². The predicted octanol–water partition coefficient (Wildman–Crippen LogP) is 2.83. The van der Waals surface area contributed by atoms with E-state index in [9.17, 15) is 4.57 Å². The first-order valence-corrected chi connectivity index (χ1v) is 7.42. The van der Waals surface area contributed by atoms with Gasteiger partial charge in [-0.15, -0.1) is 6.58 Å². The van der Waals surface area contributed by atoms with Gasteiger partial charge in [0.25, 0.3) is 0 Å². The lowest BCUT2D eigenvalue weighted by atomic mass is 10.4. The molecule has 0 aliphatic rings. The molecule has 0 amide bonds. The minimum atomic E-state index is -2.86. The Morgan fingerprint density at radius 3 is 2.53 bits per heavy atom. The van der Waals surface area contributed by atoms with Crippen molar-refractivity contribution in [3.8, 4) is 0 Å². The highest BCUT2D eigenvalue weighted by Gasteiger charge is 2.28. The van der Waals surface area contributed by atoms with Gasteiger partial charge in [-0.25, -0.2) is 0 Å². The van der Waals surface area contributed by atoms with Crippen LogP contribution in [-0.2, 0) is 13.8 Å². The van der Waals surface area contributed by atoms with Gasteiger partial charge in [0.1, 0.15) is 0 Å². The summed E-state index contributed by atoms with van der Waals surface area (Å²) >= 11 is 0. The minimum absolute atomic E-state index is 0.257. The summed E-state index contributed by atoms with van der Waals surface area (Å²) in [4.78, 5) is 0. The van der Waals surface area contributed by atoms with Gasteiger partial charge in [0, 0.05) is 12.4 Å². The van der Waals surface area contributed by atoms with Crippen LogP contribution in [-0.4, -0.2) is 26.0 Å². The van der Waals surface area contributed by atoms with E-state index in [1.165, 1.54) is 0 Å². The monoisotopic (exact) mass is 254 g/mol. The third-order valence-electron chi connectivity index (χ3n) is 2.47. The predicted molar refractivity (Wildman–Crippen MR) is 71.2 cm³/mol. The molecule has 4 heteroatoms. The van der Waals surface area contributed by atoms with Crippen LogP contribution in [0.3, 0.4) is 0 Å². The SMILES string of the molecule is C=C[C@@H](CP(=O)(OCC)c1ccccc1)OC. The Labute approximate surface area is 103 Å². The van der Waals surface area contributed by atoms with Crippen molar-refractivity contribution in [1.29, 1.82) is 0 Å². The molecule has 0 aliphatic heterocycles. The highest BCUT2D eigenvalue weighted by molar-refractivity contribution is 7.67. The molecule has 0 fully saturated rings. The van der Waals surface area contributed by atoms with E-state index >= 15 is 0 Å². The first-order valence-electron chi connectivity index (χ1n) is 5.61. The van der Waals surface area contributed by atoms with Gasteiger partial charge in [-0.05, 0) is 19.1 Å². The molecular formula is C13H19O3P. The zero-order valence-corrected chi connectivity index (χ0v) is 11.2. The van der Waals surface area contributed by atoms with E-state index in [2.05, 4.69) is 6.58 Å². The number of rotatable bonds is 7. The van der Waals surface area contributed by atoms with Crippen LogP contribution in [0.1, 0.15) is 6.92 Å². The first-order chi connectivity index (χ1) is 8.16. The normalized spacial score (nSPS) is 16.1. The van der Waals surface area contributed by atoms with Gasteiger partial charge < -0.3 is 9.26 Å². The van der Waals surface area contributed by atoms with Crippen molar-refractivity contribution in [2.45, 2.75) is 13.0 Å². The highest BCUT2D eigenvalue weighted by atomic mass is 31.2. The molecule has 0 radical (unpaired) electrons. The summed E-state index contributed by atoms with van der Waals surface area (Å²) in [6, 6.07) is 9.26. The number of hydrogen-bond acceptors (Lipinski definition) is 3. The van der Waals surface area contributed by atoms with E-state index in [4.69, 9.17) is 9.26 Å². The molecule has 17 heavy (non-hydrogen) atoms. The smallest absolute Gasteiger partial charge is 0.235 e. The maximum absolute atomic E-state index is 12.8. The fourth-order valence-corrected chi connectivity index (χ4v) is 3.86. The number of benzene rings is 1. The molecule has 0 saturated carbocycles. The van der Waals surface area contributed by atoms with E-state index in [1.54, 1.807) is 13.2 Å². The van der Waals surface area contributed by atoms with Crippen molar-refractivity contribution < 1.29 is 13.8 Å². The zero-order chi connectivity index (χ0) is 12.7. The summed E-state index contributed by atoms with van der Waals surface area (Å²) < 4.78 is 23.5. The summed E-state index contributed by atoms with van der Waals surface area (Å²) in [5.41, 5.74) is 0. The van der Waals surface area contributed by atoms with Gasteiger partial charge in [0.2, 0.25) is 7.37 Å². The van der Waals surface area contributed by atoms with E-state index in [0.717, 1.165) is 5.30 Å². The quantitative estimate of drug-likeness (QED) is 0.554. The van der Waals surface area contributed by atoms with Gasteiger partial charge in [-0.1, -0.05) is 24.3 Å².